The molecule has 0 bridgehead atoms. The van der Waals surface area contributed by atoms with E-state index < -0.39 is 0 Å². The van der Waals surface area contributed by atoms with Gasteiger partial charge >= 0.3 is 0 Å². The predicted octanol–water partition coefficient (Wildman–Crippen LogP) is 1.28. The molecule has 0 spiro atoms. The fourth-order valence-corrected chi connectivity index (χ4v) is 0.979. The zero-order valence-electron chi connectivity index (χ0n) is 6.70. The van der Waals surface area contributed by atoms with Crippen LogP contribution in [0.2, 0.25) is 0 Å². The predicted molar refractivity (Wildman–Crippen MR) is 43.9 cm³/mol. The van der Waals surface area contributed by atoms with E-state index in [-0.39, 0.29) is 6.04 Å². The van der Waals surface area contributed by atoms with Crippen molar-refractivity contribution in [2.45, 2.75) is 25.8 Å². The third kappa shape index (κ3) is 2.27. The minimum Gasteiger partial charge on any atom is -0.323 e. The Morgan fingerprint density at radius 2 is 2.45 bits per heavy atom. The van der Waals surface area contributed by atoms with Crippen LogP contribution in [0, 0.1) is 0 Å². The molecule has 1 heterocycles. The fraction of sp³-hybridized carbons (Fsp3) is 0.500. The van der Waals surface area contributed by atoms with E-state index in [1.54, 1.807) is 6.20 Å². The van der Waals surface area contributed by atoms with Crippen molar-refractivity contribution in [1.29, 1.82) is 0 Å². The maximum Gasteiger partial charge on any atom is 0.115 e. The lowest BCUT2D eigenvalue weighted by molar-refractivity contribution is 0.620. The monoisotopic (exact) mass is 151 g/mol. The molecule has 3 nitrogen and oxygen atoms in total. The Morgan fingerprint density at radius 1 is 1.64 bits per heavy atom. The van der Waals surface area contributed by atoms with Gasteiger partial charge in [-0.15, -0.1) is 0 Å². The van der Waals surface area contributed by atoms with Gasteiger partial charge in [0.25, 0.3) is 0 Å². The Morgan fingerprint density at radius 3 is 3.00 bits per heavy atom. The summed E-state index contributed by atoms with van der Waals surface area (Å²) < 4.78 is 0. The first-order valence-electron chi connectivity index (χ1n) is 3.86. The third-order valence-corrected chi connectivity index (χ3v) is 1.58. The molecule has 0 radical (unpaired) electrons. The zero-order valence-corrected chi connectivity index (χ0v) is 6.70. The largest absolute Gasteiger partial charge is 0.323 e. The summed E-state index contributed by atoms with van der Waals surface area (Å²) in [6, 6.07) is 1.93. The topological polar surface area (TPSA) is 51.8 Å². The van der Waals surface area contributed by atoms with E-state index >= 15 is 0 Å². The Balaban J connectivity index is 2.61. The molecule has 1 aromatic heterocycles. The second kappa shape index (κ2) is 4.03. The summed E-state index contributed by atoms with van der Waals surface area (Å²) in [5.41, 5.74) is 6.75. The van der Waals surface area contributed by atoms with Crippen LogP contribution in [0.5, 0.6) is 0 Å². The molecular weight excluding hydrogens is 138 g/mol. The van der Waals surface area contributed by atoms with Gasteiger partial charge in [-0.25, -0.2) is 9.97 Å². The summed E-state index contributed by atoms with van der Waals surface area (Å²) in [4.78, 5) is 7.88. The standard InChI is InChI=1S/C8H13N3/c1-2-3-7(9)8-4-5-10-6-11-8/h4-7H,2-3,9H2,1H3/t7-/m1/s1. The summed E-state index contributed by atoms with van der Waals surface area (Å²) in [5.74, 6) is 0. The van der Waals surface area contributed by atoms with Crippen LogP contribution in [0.1, 0.15) is 31.5 Å². The highest BCUT2D eigenvalue weighted by atomic mass is 14.8. The van der Waals surface area contributed by atoms with Crippen LogP contribution in [-0.2, 0) is 0 Å². The number of nitrogens with two attached hydrogens (primary N) is 1. The Hall–Kier alpha value is -0.960. The van der Waals surface area contributed by atoms with Crippen molar-refractivity contribution in [2.24, 2.45) is 5.73 Å². The summed E-state index contributed by atoms with van der Waals surface area (Å²) >= 11 is 0. The lowest BCUT2D eigenvalue weighted by Gasteiger charge is -2.07. The minimum atomic E-state index is 0.0722. The van der Waals surface area contributed by atoms with Gasteiger partial charge in [-0.1, -0.05) is 13.3 Å². The molecule has 0 fully saturated rings. The van der Waals surface area contributed by atoms with Crippen molar-refractivity contribution in [3.63, 3.8) is 0 Å². The molecule has 60 valence electrons. The van der Waals surface area contributed by atoms with Gasteiger partial charge in [-0.05, 0) is 12.5 Å². The smallest absolute Gasteiger partial charge is 0.115 e. The molecule has 2 N–H and O–H groups in total. The number of aromatic nitrogens is 2. The summed E-state index contributed by atoms with van der Waals surface area (Å²) in [6.07, 6.45) is 5.32. The Bertz CT molecular complexity index is 198. The van der Waals surface area contributed by atoms with E-state index in [0.29, 0.717) is 0 Å². The first-order valence-corrected chi connectivity index (χ1v) is 3.86. The summed E-state index contributed by atoms with van der Waals surface area (Å²) in [6.45, 7) is 2.11. The van der Waals surface area contributed by atoms with Crippen LogP contribution < -0.4 is 5.73 Å². The van der Waals surface area contributed by atoms with Crippen molar-refractivity contribution in [3.05, 3.63) is 24.3 Å². The van der Waals surface area contributed by atoms with Crippen LogP contribution in [0.3, 0.4) is 0 Å². The molecule has 0 aliphatic carbocycles. The second-order valence-electron chi connectivity index (χ2n) is 2.53. The minimum absolute atomic E-state index is 0.0722. The molecule has 11 heavy (non-hydrogen) atoms. The molecule has 0 saturated heterocycles. The molecule has 1 aromatic rings. The molecular formula is C8H13N3. The highest BCUT2D eigenvalue weighted by molar-refractivity contribution is 5.03. The molecule has 1 rings (SSSR count). The van der Waals surface area contributed by atoms with Crippen molar-refractivity contribution < 1.29 is 0 Å². The molecule has 0 aromatic carbocycles. The SMILES string of the molecule is CCC[C@@H](N)c1ccncn1. The molecule has 0 saturated carbocycles. The van der Waals surface area contributed by atoms with Crippen LogP contribution in [0.25, 0.3) is 0 Å². The van der Waals surface area contributed by atoms with Gasteiger partial charge in [-0.3, -0.25) is 0 Å². The van der Waals surface area contributed by atoms with E-state index in [1.165, 1.54) is 6.33 Å². The lowest BCUT2D eigenvalue weighted by atomic mass is 10.1. The second-order valence-corrected chi connectivity index (χ2v) is 2.53. The van der Waals surface area contributed by atoms with E-state index in [9.17, 15) is 0 Å². The highest BCUT2D eigenvalue weighted by Crippen LogP contribution is 2.10. The molecule has 0 unspecified atom stereocenters. The lowest BCUT2D eigenvalue weighted by Crippen LogP contribution is -2.11. The van der Waals surface area contributed by atoms with Crippen molar-refractivity contribution in [2.75, 3.05) is 0 Å². The first kappa shape index (κ1) is 8.14. The average Bonchev–Trinajstić information content (AvgIpc) is 2.07. The fourth-order valence-electron chi connectivity index (χ4n) is 0.979. The molecule has 0 amide bonds. The molecule has 3 heteroatoms. The number of nitrogens with zero attached hydrogens (tertiary/aromatic N) is 2. The van der Waals surface area contributed by atoms with Crippen LogP contribution >= 0.6 is 0 Å². The zero-order chi connectivity index (χ0) is 8.10. The number of hydrogen-bond donors (Lipinski definition) is 1. The number of hydrogen-bond acceptors (Lipinski definition) is 3. The third-order valence-electron chi connectivity index (χ3n) is 1.58. The van der Waals surface area contributed by atoms with Crippen molar-refractivity contribution in [1.82, 2.24) is 9.97 Å². The van der Waals surface area contributed by atoms with E-state index in [1.807, 2.05) is 6.07 Å². The Kier molecular flexibility index (Phi) is 2.98. The van der Waals surface area contributed by atoms with Gasteiger partial charge in [0.2, 0.25) is 0 Å². The maximum atomic E-state index is 5.82. The van der Waals surface area contributed by atoms with Gasteiger partial charge in [0, 0.05) is 12.2 Å². The van der Waals surface area contributed by atoms with Gasteiger partial charge < -0.3 is 5.73 Å². The summed E-state index contributed by atoms with van der Waals surface area (Å²) in [5, 5.41) is 0. The van der Waals surface area contributed by atoms with Gasteiger partial charge in [0.15, 0.2) is 0 Å². The van der Waals surface area contributed by atoms with Gasteiger partial charge in [0.05, 0.1) is 5.69 Å². The first-order chi connectivity index (χ1) is 5.34. The summed E-state index contributed by atoms with van der Waals surface area (Å²) in [7, 11) is 0. The highest BCUT2D eigenvalue weighted by Gasteiger charge is 2.03. The van der Waals surface area contributed by atoms with Crippen LogP contribution in [-0.4, -0.2) is 9.97 Å². The van der Waals surface area contributed by atoms with Crippen molar-refractivity contribution in [3.8, 4) is 0 Å². The maximum absolute atomic E-state index is 5.82. The molecule has 0 aliphatic heterocycles. The van der Waals surface area contributed by atoms with E-state index in [0.717, 1.165) is 18.5 Å². The van der Waals surface area contributed by atoms with E-state index in [4.69, 9.17) is 5.73 Å². The number of rotatable bonds is 3. The van der Waals surface area contributed by atoms with Crippen LogP contribution in [0.4, 0.5) is 0 Å². The van der Waals surface area contributed by atoms with Gasteiger partial charge in [0.1, 0.15) is 6.33 Å². The average molecular weight is 151 g/mol. The molecule has 0 aliphatic rings. The van der Waals surface area contributed by atoms with Crippen molar-refractivity contribution >= 4 is 0 Å². The normalized spacial score (nSPS) is 12.9. The molecule has 1 atom stereocenters. The Labute approximate surface area is 66.7 Å². The van der Waals surface area contributed by atoms with Gasteiger partial charge in [-0.2, -0.15) is 0 Å². The van der Waals surface area contributed by atoms with Crippen LogP contribution in [0.15, 0.2) is 18.6 Å². The quantitative estimate of drug-likeness (QED) is 0.707. The van der Waals surface area contributed by atoms with E-state index in [2.05, 4.69) is 16.9 Å².